The topological polar surface area (TPSA) is 103 Å². The number of nitrogens with one attached hydrogen (secondary N) is 1. The molecule has 2 heterocycles. The fourth-order valence-electron chi connectivity index (χ4n) is 1.63. The number of halogens is 1. The first kappa shape index (κ1) is 13.7. The van der Waals surface area contributed by atoms with Gasteiger partial charge in [0.25, 0.3) is 5.78 Å². The highest BCUT2D eigenvalue weighted by Crippen LogP contribution is 2.17. The van der Waals surface area contributed by atoms with Gasteiger partial charge in [-0.15, -0.1) is 10.2 Å². The molecule has 3 rings (SSSR count). The zero-order valence-electron chi connectivity index (χ0n) is 10.6. The van der Waals surface area contributed by atoms with Gasteiger partial charge in [0.1, 0.15) is 6.33 Å². The van der Waals surface area contributed by atoms with Gasteiger partial charge >= 0.3 is 0 Å². The largest absolute Gasteiger partial charge is 0.335 e. The molecule has 0 aliphatic heterocycles. The van der Waals surface area contributed by atoms with Crippen molar-refractivity contribution in [2.24, 2.45) is 0 Å². The van der Waals surface area contributed by atoms with Gasteiger partial charge in [0.2, 0.25) is 11.1 Å². The molecule has 0 fully saturated rings. The minimum Gasteiger partial charge on any atom is -0.335 e. The van der Waals surface area contributed by atoms with Gasteiger partial charge in [-0.2, -0.15) is 9.61 Å². The molecule has 0 spiro atoms. The number of carbonyl (C=O) groups is 1. The Morgan fingerprint density at radius 2 is 2.10 bits per heavy atom. The fraction of sp³-hybridized carbons (Fsp3) is 0.0909. The number of hydrogen-bond donors (Lipinski definition) is 2. The van der Waals surface area contributed by atoms with Crippen LogP contribution in [0.5, 0.6) is 0 Å². The van der Waals surface area contributed by atoms with E-state index in [-0.39, 0.29) is 11.7 Å². The van der Waals surface area contributed by atoms with E-state index in [1.54, 1.807) is 24.3 Å². The maximum absolute atomic E-state index is 11.9. The van der Waals surface area contributed by atoms with Gasteiger partial charge in [0.05, 0.1) is 5.75 Å². The molecular weight excluding hydrogens is 314 g/mol. The van der Waals surface area contributed by atoms with E-state index in [2.05, 4.69) is 20.6 Å². The van der Waals surface area contributed by atoms with E-state index in [1.165, 1.54) is 27.3 Å². The lowest BCUT2D eigenvalue weighted by Crippen LogP contribution is -2.14. The summed E-state index contributed by atoms with van der Waals surface area (Å²) in [6.07, 6.45) is 1.42. The number of nitrogen functional groups attached to an aromatic ring is 1. The van der Waals surface area contributed by atoms with Crippen LogP contribution in [0.2, 0.25) is 5.02 Å². The Hall–Kier alpha value is -2.26. The van der Waals surface area contributed by atoms with Crippen molar-refractivity contribution in [3.05, 3.63) is 35.6 Å². The summed E-state index contributed by atoms with van der Waals surface area (Å²) in [6.45, 7) is 0. The number of nitrogens with zero attached hydrogens (tertiary/aromatic N) is 5. The number of carbonyl (C=O) groups excluding carboxylic acids is 1. The molecule has 8 nitrogen and oxygen atoms in total. The highest BCUT2D eigenvalue weighted by Gasteiger charge is 2.12. The van der Waals surface area contributed by atoms with Gasteiger partial charge in [0.15, 0.2) is 0 Å². The van der Waals surface area contributed by atoms with Gasteiger partial charge in [-0.05, 0) is 24.3 Å². The Labute approximate surface area is 128 Å². The maximum Gasteiger partial charge on any atom is 0.273 e. The predicted molar refractivity (Wildman–Crippen MR) is 79.7 cm³/mol. The molecule has 3 aromatic rings. The Morgan fingerprint density at radius 1 is 1.33 bits per heavy atom. The van der Waals surface area contributed by atoms with Gasteiger partial charge in [0, 0.05) is 10.7 Å². The fourth-order valence-corrected chi connectivity index (χ4v) is 2.44. The van der Waals surface area contributed by atoms with Gasteiger partial charge in [-0.3, -0.25) is 4.79 Å². The molecule has 0 saturated heterocycles. The zero-order valence-corrected chi connectivity index (χ0v) is 12.2. The second-order valence-electron chi connectivity index (χ2n) is 4.08. The van der Waals surface area contributed by atoms with E-state index < -0.39 is 0 Å². The van der Waals surface area contributed by atoms with Crippen molar-refractivity contribution < 1.29 is 4.79 Å². The molecule has 1 amide bonds. The number of hydrogen-bond acceptors (Lipinski definition) is 6. The monoisotopic (exact) mass is 323 g/mol. The molecular formula is C11H10ClN7OS. The average molecular weight is 324 g/mol. The highest BCUT2D eigenvalue weighted by atomic mass is 35.5. The van der Waals surface area contributed by atoms with Crippen molar-refractivity contribution in [3.8, 4) is 0 Å². The number of thioether (sulfide) groups is 1. The molecule has 0 aliphatic rings. The molecule has 0 bridgehead atoms. The van der Waals surface area contributed by atoms with Crippen LogP contribution in [0, 0.1) is 0 Å². The number of aromatic nitrogens is 5. The lowest BCUT2D eigenvalue weighted by Gasteiger charge is -2.03. The third-order valence-electron chi connectivity index (χ3n) is 2.58. The first-order valence-electron chi connectivity index (χ1n) is 5.85. The Bertz CT molecular complexity index is 782. The van der Waals surface area contributed by atoms with E-state index >= 15 is 0 Å². The molecule has 0 atom stereocenters. The van der Waals surface area contributed by atoms with Crippen molar-refractivity contribution >= 4 is 40.7 Å². The standard InChI is InChI=1S/C11H10ClN7OS/c12-7-1-3-8(4-2-7)15-9(20)5-21-11-17-16-10-18(13)6-14-19(10)11/h1-4,6H,5,13H2,(H,15,20). The minimum absolute atomic E-state index is 0.161. The van der Waals surface area contributed by atoms with Gasteiger partial charge in [-0.25, -0.2) is 4.68 Å². The third kappa shape index (κ3) is 2.93. The molecule has 0 unspecified atom stereocenters. The summed E-state index contributed by atoms with van der Waals surface area (Å²) in [4.78, 5) is 11.9. The number of rotatable bonds is 4. The van der Waals surface area contributed by atoms with Gasteiger partial charge < -0.3 is 11.2 Å². The summed E-state index contributed by atoms with van der Waals surface area (Å²) in [7, 11) is 0. The van der Waals surface area contributed by atoms with E-state index in [1.807, 2.05) is 0 Å². The molecule has 0 aliphatic carbocycles. The molecule has 1 aromatic carbocycles. The van der Waals surface area contributed by atoms with Crippen molar-refractivity contribution in [2.45, 2.75) is 5.16 Å². The molecule has 10 heteroatoms. The number of benzene rings is 1. The predicted octanol–water partition coefficient (Wildman–Crippen LogP) is 1.02. The first-order valence-corrected chi connectivity index (χ1v) is 7.22. The minimum atomic E-state index is -0.161. The van der Waals surface area contributed by atoms with Crippen molar-refractivity contribution in [1.29, 1.82) is 0 Å². The quantitative estimate of drug-likeness (QED) is 0.549. The molecule has 0 radical (unpaired) electrons. The number of amides is 1. The Kier molecular flexibility index (Phi) is 3.67. The van der Waals surface area contributed by atoms with Crippen molar-refractivity contribution in [1.82, 2.24) is 24.5 Å². The second-order valence-corrected chi connectivity index (χ2v) is 5.46. The van der Waals surface area contributed by atoms with Crippen LogP contribution in [0.4, 0.5) is 5.69 Å². The molecule has 3 N–H and O–H groups in total. The van der Waals surface area contributed by atoms with Crippen LogP contribution in [0.15, 0.2) is 35.7 Å². The molecule has 21 heavy (non-hydrogen) atoms. The van der Waals surface area contributed by atoms with E-state index in [0.717, 1.165) is 0 Å². The van der Waals surface area contributed by atoms with Crippen LogP contribution < -0.4 is 11.2 Å². The van der Waals surface area contributed by atoms with Crippen LogP contribution in [-0.4, -0.2) is 36.1 Å². The number of anilines is 1. The summed E-state index contributed by atoms with van der Waals surface area (Å²) in [5.74, 6) is 6.02. The van der Waals surface area contributed by atoms with Crippen molar-refractivity contribution in [3.63, 3.8) is 0 Å². The summed E-state index contributed by atoms with van der Waals surface area (Å²) in [5, 5.41) is 15.7. The Balaban J connectivity index is 1.62. The molecule has 0 saturated carbocycles. The first-order chi connectivity index (χ1) is 10.1. The molecule has 2 aromatic heterocycles. The smallest absolute Gasteiger partial charge is 0.273 e. The second kappa shape index (κ2) is 5.62. The summed E-state index contributed by atoms with van der Waals surface area (Å²) in [5.41, 5.74) is 0.683. The molecule has 108 valence electrons. The number of fused-ring (bicyclic) bond motifs is 1. The van der Waals surface area contributed by atoms with Crippen LogP contribution in [0.25, 0.3) is 5.78 Å². The number of nitrogens with two attached hydrogens (primary N) is 1. The summed E-state index contributed by atoms with van der Waals surface area (Å²) in [6, 6.07) is 6.88. The van der Waals surface area contributed by atoms with Crippen LogP contribution in [0.3, 0.4) is 0 Å². The Morgan fingerprint density at radius 3 is 2.86 bits per heavy atom. The lowest BCUT2D eigenvalue weighted by atomic mass is 10.3. The highest BCUT2D eigenvalue weighted by molar-refractivity contribution is 7.99. The zero-order chi connectivity index (χ0) is 14.8. The van der Waals surface area contributed by atoms with Crippen LogP contribution in [0.1, 0.15) is 0 Å². The van der Waals surface area contributed by atoms with Crippen LogP contribution >= 0.6 is 23.4 Å². The van der Waals surface area contributed by atoms with E-state index in [9.17, 15) is 4.79 Å². The summed E-state index contributed by atoms with van der Waals surface area (Å²) < 4.78 is 2.73. The van der Waals surface area contributed by atoms with E-state index in [4.69, 9.17) is 17.4 Å². The van der Waals surface area contributed by atoms with Crippen LogP contribution in [-0.2, 0) is 4.79 Å². The normalized spacial score (nSPS) is 10.9. The van der Waals surface area contributed by atoms with Gasteiger partial charge in [-0.1, -0.05) is 23.4 Å². The average Bonchev–Trinajstić information content (AvgIpc) is 3.03. The lowest BCUT2D eigenvalue weighted by molar-refractivity contribution is -0.113. The summed E-state index contributed by atoms with van der Waals surface area (Å²) >= 11 is 7.00. The van der Waals surface area contributed by atoms with Crippen molar-refractivity contribution in [2.75, 3.05) is 16.9 Å². The van der Waals surface area contributed by atoms with E-state index in [0.29, 0.717) is 21.6 Å². The third-order valence-corrected chi connectivity index (χ3v) is 3.75. The SMILES string of the molecule is Nn1cnn2c(SCC(=O)Nc3ccc(Cl)cc3)nnc12. The maximum atomic E-state index is 11.9.